The van der Waals surface area contributed by atoms with Crippen LogP contribution in [0.4, 0.5) is 5.69 Å². The van der Waals surface area contributed by atoms with Gasteiger partial charge in [-0.1, -0.05) is 6.07 Å². The van der Waals surface area contributed by atoms with E-state index < -0.39 is 5.97 Å². The van der Waals surface area contributed by atoms with Crippen LogP contribution < -0.4 is 10.5 Å². The number of anilines is 1. The number of esters is 1. The van der Waals surface area contributed by atoms with Crippen LogP contribution in [0.15, 0.2) is 30.6 Å². The molecule has 6 nitrogen and oxygen atoms in total. The summed E-state index contributed by atoms with van der Waals surface area (Å²) in [5, 5.41) is 4.08. The predicted octanol–water partition coefficient (Wildman–Crippen LogP) is 1.41. The van der Waals surface area contributed by atoms with Gasteiger partial charge in [0.1, 0.15) is 11.3 Å². The van der Waals surface area contributed by atoms with Gasteiger partial charge in [-0.15, -0.1) is 0 Å². The number of nitrogens with zero attached hydrogens (tertiary/aromatic N) is 2. The molecule has 0 saturated heterocycles. The van der Waals surface area contributed by atoms with E-state index in [-0.39, 0.29) is 5.56 Å². The van der Waals surface area contributed by atoms with Gasteiger partial charge in [-0.3, -0.25) is 4.68 Å². The Bertz CT molecular complexity index is 607. The molecule has 1 heterocycles. The SMILES string of the molecule is COC(=O)c1c(N)cccc1OCCc1cnn(C)c1. The van der Waals surface area contributed by atoms with E-state index in [1.165, 1.54) is 7.11 Å². The Morgan fingerprint density at radius 2 is 2.25 bits per heavy atom. The standard InChI is InChI=1S/C14H17N3O3/c1-17-9-10(8-16-17)6-7-20-12-5-3-4-11(15)13(12)14(18)19-2/h3-5,8-9H,6-7,15H2,1-2H3. The summed E-state index contributed by atoms with van der Waals surface area (Å²) in [7, 11) is 3.17. The van der Waals surface area contributed by atoms with Crippen molar-refractivity contribution in [2.75, 3.05) is 19.5 Å². The van der Waals surface area contributed by atoms with E-state index in [1.54, 1.807) is 29.1 Å². The molecule has 0 bridgehead atoms. The lowest BCUT2D eigenvalue weighted by atomic mass is 10.1. The number of hydrogen-bond acceptors (Lipinski definition) is 5. The summed E-state index contributed by atoms with van der Waals surface area (Å²) in [5.41, 5.74) is 7.46. The maximum Gasteiger partial charge on any atom is 0.343 e. The molecule has 0 radical (unpaired) electrons. The third-order valence-electron chi connectivity index (χ3n) is 2.85. The molecule has 2 rings (SSSR count). The topological polar surface area (TPSA) is 79.4 Å². The van der Waals surface area contributed by atoms with E-state index in [2.05, 4.69) is 5.10 Å². The lowest BCUT2D eigenvalue weighted by Crippen LogP contribution is -2.10. The number of hydrogen-bond donors (Lipinski definition) is 1. The largest absolute Gasteiger partial charge is 0.492 e. The van der Waals surface area contributed by atoms with E-state index in [0.717, 1.165) is 5.56 Å². The van der Waals surface area contributed by atoms with E-state index in [4.69, 9.17) is 15.2 Å². The minimum atomic E-state index is -0.500. The van der Waals surface area contributed by atoms with Gasteiger partial charge >= 0.3 is 5.97 Å². The fourth-order valence-corrected chi connectivity index (χ4v) is 1.87. The van der Waals surface area contributed by atoms with E-state index in [0.29, 0.717) is 24.5 Å². The van der Waals surface area contributed by atoms with Crippen LogP contribution in [0.25, 0.3) is 0 Å². The summed E-state index contributed by atoms with van der Waals surface area (Å²) in [4.78, 5) is 11.7. The molecular weight excluding hydrogens is 258 g/mol. The maximum absolute atomic E-state index is 11.7. The van der Waals surface area contributed by atoms with Crippen molar-refractivity contribution in [3.05, 3.63) is 41.7 Å². The fraction of sp³-hybridized carbons (Fsp3) is 0.286. The first kappa shape index (κ1) is 13.9. The zero-order chi connectivity index (χ0) is 14.5. The first-order chi connectivity index (χ1) is 9.61. The van der Waals surface area contributed by atoms with Crippen molar-refractivity contribution in [3.63, 3.8) is 0 Å². The predicted molar refractivity (Wildman–Crippen MR) is 74.6 cm³/mol. The van der Waals surface area contributed by atoms with Gasteiger partial charge in [0.15, 0.2) is 0 Å². The molecule has 1 aromatic heterocycles. The minimum Gasteiger partial charge on any atom is -0.492 e. The summed E-state index contributed by atoms with van der Waals surface area (Å²) in [5.74, 6) is -0.0692. The van der Waals surface area contributed by atoms with Crippen molar-refractivity contribution >= 4 is 11.7 Å². The Hall–Kier alpha value is -2.50. The first-order valence-corrected chi connectivity index (χ1v) is 6.19. The van der Waals surface area contributed by atoms with Crippen molar-refractivity contribution in [1.29, 1.82) is 0 Å². The number of rotatable bonds is 5. The van der Waals surface area contributed by atoms with Gasteiger partial charge in [-0.2, -0.15) is 5.10 Å². The quantitative estimate of drug-likeness (QED) is 0.659. The molecule has 0 amide bonds. The zero-order valence-electron chi connectivity index (χ0n) is 11.5. The fourth-order valence-electron chi connectivity index (χ4n) is 1.87. The monoisotopic (exact) mass is 275 g/mol. The third kappa shape index (κ3) is 3.09. The molecular formula is C14H17N3O3. The van der Waals surface area contributed by atoms with Gasteiger partial charge in [0.25, 0.3) is 0 Å². The van der Waals surface area contributed by atoms with Crippen molar-refractivity contribution in [1.82, 2.24) is 9.78 Å². The number of ether oxygens (including phenoxy) is 2. The van der Waals surface area contributed by atoms with E-state index in [1.807, 2.05) is 13.2 Å². The van der Waals surface area contributed by atoms with E-state index in [9.17, 15) is 4.79 Å². The first-order valence-electron chi connectivity index (χ1n) is 6.19. The van der Waals surface area contributed by atoms with Crippen LogP contribution in [-0.2, 0) is 18.2 Å². The van der Waals surface area contributed by atoms with E-state index >= 15 is 0 Å². The van der Waals surface area contributed by atoms with Gasteiger partial charge < -0.3 is 15.2 Å². The van der Waals surface area contributed by atoms with Gasteiger partial charge in [0.05, 0.1) is 19.9 Å². The second-order valence-electron chi connectivity index (χ2n) is 4.33. The van der Waals surface area contributed by atoms with Gasteiger partial charge in [0, 0.05) is 25.4 Å². The Kier molecular flexibility index (Phi) is 4.24. The van der Waals surface area contributed by atoms with Crippen LogP contribution in [0, 0.1) is 0 Å². The molecule has 0 aliphatic heterocycles. The number of benzene rings is 1. The highest BCUT2D eigenvalue weighted by atomic mass is 16.5. The summed E-state index contributed by atoms with van der Waals surface area (Å²) in [6.07, 6.45) is 4.40. The second kappa shape index (κ2) is 6.10. The number of methoxy groups -OCH3 is 1. The summed E-state index contributed by atoms with van der Waals surface area (Å²) >= 11 is 0. The third-order valence-corrected chi connectivity index (χ3v) is 2.85. The molecule has 0 unspecified atom stereocenters. The van der Waals surface area contributed by atoms with Crippen LogP contribution >= 0.6 is 0 Å². The molecule has 0 aliphatic rings. The second-order valence-corrected chi connectivity index (χ2v) is 4.33. The van der Waals surface area contributed by atoms with Crippen LogP contribution in [-0.4, -0.2) is 29.5 Å². The average molecular weight is 275 g/mol. The molecule has 0 spiro atoms. The highest BCUT2D eigenvalue weighted by Gasteiger charge is 2.16. The van der Waals surface area contributed by atoms with Crippen LogP contribution in [0.2, 0.25) is 0 Å². The smallest absolute Gasteiger partial charge is 0.343 e. The highest BCUT2D eigenvalue weighted by Crippen LogP contribution is 2.25. The number of aryl methyl sites for hydroxylation is 1. The number of nitrogen functional groups attached to an aromatic ring is 1. The van der Waals surface area contributed by atoms with Crippen molar-refractivity contribution in [2.24, 2.45) is 7.05 Å². The lowest BCUT2D eigenvalue weighted by Gasteiger charge is -2.11. The minimum absolute atomic E-state index is 0.265. The Morgan fingerprint density at radius 1 is 1.45 bits per heavy atom. The highest BCUT2D eigenvalue weighted by molar-refractivity contribution is 5.98. The van der Waals surface area contributed by atoms with Gasteiger partial charge in [-0.05, 0) is 17.7 Å². The molecule has 2 N–H and O–H groups in total. The van der Waals surface area contributed by atoms with Crippen molar-refractivity contribution < 1.29 is 14.3 Å². The Labute approximate surface area is 117 Å². The molecule has 106 valence electrons. The molecule has 20 heavy (non-hydrogen) atoms. The molecule has 2 aromatic rings. The Morgan fingerprint density at radius 3 is 2.90 bits per heavy atom. The molecule has 1 aromatic carbocycles. The van der Waals surface area contributed by atoms with Crippen LogP contribution in [0.3, 0.4) is 0 Å². The number of aromatic nitrogens is 2. The number of carbonyl (C=O) groups excluding carboxylic acids is 1. The number of nitrogens with two attached hydrogens (primary N) is 1. The van der Waals surface area contributed by atoms with Crippen molar-refractivity contribution in [2.45, 2.75) is 6.42 Å². The average Bonchev–Trinajstić information content (AvgIpc) is 2.84. The van der Waals surface area contributed by atoms with Gasteiger partial charge in [0.2, 0.25) is 0 Å². The Balaban J connectivity index is 2.05. The maximum atomic E-state index is 11.7. The summed E-state index contributed by atoms with van der Waals surface area (Å²) < 4.78 is 12.1. The molecule has 0 saturated carbocycles. The normalized spacial score (nSPS) is 10.3. The van der Waals surface area contributed by atoms with Crippen LogP contribution in [0.1, 0.15) is 15.9 Å². The number of carbonyl (C=O) groups is 1. The van der Waals surface area contributed by atoms with Crippen LogP contribution in [0.5, 0.6) is 5.75 Å². The molecule has 0 atom stereocenters. The molecule has 0 fully saturated rings. The molecule has 6 heteroatoms. The zero-order valence-corrected chi connectivity index (χ0v) is 11.5. The lowest BCUT2D eigenvalue weighted by molar-refractivity contribution is 0.0597. The molecule has 0 aliphatic carbocycles. The summed E-state index contributed by atoms with van der Waals surface area (Å²) in [6, 6.07) is 5.08. The van der Waals surface area contributed by atoms with Crippen molar-refractivity contribution in [3.8, 4) is 5.75 Å². The summed E-state index contributed by atoms with van der Waals surface area (Å²) in [6.45, 7) is 0.430. The van der Waals surface area contributed by atoms with Gasteiger partial charge in [-0.25, -0.2) is 4.79 Å².